The Morgan fingerprint density at radius 2 is 1.79 bits per heavy atom. The predicted molar refractivity (Wildman–Crippen MR) is 110 cm³/mol. The first-order valence-electron chi connectivity index (χ1n) is 8.77. The highest BCUT2D eigenvalue weighted by molar-refractivity contribution is 7.89. The van der Waals surface area contributed by atoms with Gasteiger partial charge in [0.25, 0.3) is 5.91 Å². The summed E-state index contributed by atoms with van der Waals surface area (Å²) in [6.45, 7) is 4.67. The van der Waals surface area contributed by atoms with Crippen LogP contribution in [-0.4, -0.2) is 25.4 Å². The van der Waals surface area contributed by atoms with Gasteiger partial charge in [-0.05, 0) is 36.8 Å². The molecule has 0 saturated carbocycles. The number of aromatic nitrogens is 1. The van der Waals surface area contributed by atoms with Gasteiger partial charge in [-0.15, -0.1) is 11.3 Å². The molecule has 0 saturated heterocycles. The molecule has 146 valence electrons. The van der Waals surface area contributed by atoms with E-state index in [4.69, 9.17) is 0 Å². The zero-order valence-electron chi connectivity index (χ0n) is 15.6. The maximum Gasteiger partial charge on any atom is 0.279 e. The Balaban J connectivity index is 1.82. The number of thiazole rings is 1. The number of hydrogen-bond acceptors (Lipinski definition) is 4. The summed E-state index contributed by atoms with van der Waals surface area (Å²) in [5, 5.41) is 1.88. The highest BCUT2D eigenvalue weighted by atomic mass is 32.2. The molecule has 0 atom stereocenters. The van der Waals surface area contributed by atoms with Crippen LogP contribution in [0.4, 0.5) is 0 Å². The van der Waals surface area contributed by atoms with Gasteiger partial charge in [-0.2, -0.15) is 4.99 Å². The minimum atomic E-state index is -3.54. The van der Waals surface area contributed by atoms with Crippen molar-refractivity contribution in [3.63, 3.8) is 0 Å². The number of nitrogens with one attached hydrogen (secondary N) is 1. The van der Waals surface area contributed by atoms with Gasteiger partial charge < -0.3 is 4.57 Å². The molecule has 0 spiro atoms. The van der Waals surface area contributed by atoms with E-state index in [1.54, 1.807) is 6.92 Å². The first-order chi connectivity index (χ1) is 13.4. The third-order valence-electron chi connectivity index (χ3n) is 4.08. The quantitative estimate of drug-likeness (QED) is 0.672. The Morgan fingerprint density at radius 3 is 2.43 bits per heavy atom. The lowest BCUT2D eigenvalue weighted by molar-refractivity contribution is 0.0997. The first kappa shape index (κ1) is 20.2. The summed E-state index contributed by atoms with van der Waals surface area (Å²) in [4.78, 5) is 17.4. The Bertz CT molecular complexity index is 1130. The van der Waals surface area contributed by atoms with Crippen LogP contribution >= 0.6 is 11.3 Å². The molecule has 2 aromatic carbocycles. The maximum absolute atomic E-state index is 12.5. The van der Waals surface area contributed by atoms with Gasteiger partial charge in [0.2, 0.25) is 10.0 Å². The summed E-state index contributed by atoms with van der Waals surface area (Å²) >= 11 is 1.38. The molecule has 0 unspecified atom stereocenters. The van der Waals surface area contributed by atoms with Gasteiger partial charge in [0.1, 0.15) is 0 Å². The molecular weight excluding hydrogens is 394 g/mol. The number of aryl methyl sites for hydroxylation is 1. The number of rotatable bonds is 6. The molecule has 0 aliphatic heterocycles. The molecule has 28 heavy (non-hydrogen) atoms. The molecule has 0 bridgehead atoms. The summed E-state index contributed by atoms with van der Waals surface area (Å²) in [5.41, 5.74) is 2.65. The molecule has 1 heterocycles. The van der Waals surface area contributed by atoms with Crippen LogP contribution in [0.1, 0.15) is 28.4 Å². The molecule has 3 aromatic rings. The fraction of sp³-hybridized carbons (Fsp3) is 0.200. The number of carbonyl (C=O) groups excluding carboxylic acids is 1. The van der Waals surface area contributed by atoms with Crippen molar-refractivity contribution in [2.24, 2.45) is 4.99 Å². The average Bonchev–Trinajstić information content (AvgIpc) is 3.10. The van der Waals surface area contributed by atoms with E-state index in [9.17, 15) is 13.2 Å². The number of nitrogens with zero attached hydrogens (tertiary/aromatic N) is 2. The van der Waals surface area contributed by atoms with Crippen LogP contribution < -0.4 is 9.52 Å². The molecule has 0 fully saturated rings. The summed E-state index contributed by atoms with van der Waals surface area (Å²) in [6.07, 6.45) is 1.89. The number of benzene rings is 2. The molecule has 1 amide bonds. The van der Waals surface area contributed by atoms with Gasteiger partial charge in [-0.25, -0.2) is 13.1 Å². The van der Waals surface area contributed by atoms with E-state index in [-0.39, 0.29) is 4.90 Å². The molecule has 0 aliphatic carbocycles. The number of amides is 1. The normalized spacial score (nSPS) is 12.3. The van der Waals surface area contributed by atoms with Gasteiger partial charge in [0.15, 0.2) is 4.80 Å². The number of hydrogen-bond donors (Lipinski definition) is 1. The Hall–Kier alpha value is -2.55. The zero-order chi connectivity index (χ0) is 20.1. The summed E-state index contributed by atoms with van der Waals surface area (Å²) in [5.74, 6) is -0.410. The molecule has 8 heteroatoms. The molecule has 1 aromatic heterocycles. The van der Waals surface area contributed by atoms with Crippen LogP contribution in [0.5, 0.6) is 0 Å². The molecule has 0 radical (unpaired) electrons. The number of carbonyl (C=O) groups is 1. The van der Waals surface area contributed by atoms with Gasteiger partial charge >= 0.3 is 0 Å². The third kappa shape index (κ3) is 4.83. The summed E-state index contributed by atoms with van der Waals surface area (Å²) in [7, 11) is -3.54. The second-order valence-electron chi connectivity index (χ2n) is 6.24. The third-order valence-corrected chi connectivity index (χ3v) is 6.43. The van der Waals surface area contributed by atoms with Crippen LogP contribution in [0.2, 0.25) is 0 Å². The second kappa shape index (κ2) is 8.64. The smallest absolute Gasteiger partial charge is 0.279 e. The van der Waals surface area contributed by atoms with Gasteiger partial charge in [0.05, 0.1) is 4.90 Å². The minimum Gasteiger partial charge on any atom is -0.319 e. The predicted octanol–water partition coefficient (Wildman–Crippen LogP) is 2.95. The van der Waals surface area contributed by atoms with E-state index < -0.39 is 15.9 Å². The lowest BCUT2D eigenvalue weighted by Crippen LogP contribution is -2.23. The van der Waals surface area contributed by atoms with Gasteiger partial charge in [-0.1, -0.05) is 36.8 Å². The van der Waals surface area contributed by atoms with Crippen LogP contribution in [0.15, 0.2) is 70.0 Å². The zero-order valence-corrected chi connectivity index (χ0v) is 17.3. The van der Waals surface area contributed by atoms with Crippen molar-refractivity contribution in [1.82, 2.24) is 9.29 Å². The van der Waals surface area contributed by atoms with Crippen molar-refractivity contribution in [1.29, 1.82) is 0 Å². The lowest BCUT2D eigenvalue weighted by atomic mass is 10.1. The van der Waals surface area contributed by atoms with Crippen LogP contribution in [0.3, 0.4) is 0 Å². The van der Waals surface area contributed by atoms with Crippen molar-refractivity contribution >= 4 is 27.3 Å². The number of sulfonamides is 1. The molecule has 3 rings (SSSR count). The second-order valence-corrected chi connectivity index (χ2v) is 8.88. The average molecular weight is 416 g/mol. The van der Waals surface area contributed by atoms with Crippen molar-refractivity contribution in [2.45, 2.75) is 25.3 Å². The lowest BCUT2D eigenvalue weighted by Gasteiger charge is -2.05. The van der Waals surface area contributed by atoms with E-state index in [1.165, 1.54) is 41.2 Å². The Labute approximate surface area is 168 Å². The van der Waals surface area contributed by atoms with E-state index in [2.05, 4.69) is 21.8 Å². The van der Waals surface area contributed by atoms with E-state index >= 15 is 0 Å². The summed E-state index contributed by atoms with van der Waals surface area (Å²) < 4.78 is 28.3. The Kier molecular flexibility index (Phi) is 6.23. The largest absolute Gasteiger partial charge is 0.319 e. The minimum absolute atomic E-state index is 0.122. The van der Waals surface area contributed by atoms with E-state index in [1.807, 2.05) is 35.2 Å². The molecule has 0 aliphatic rings. The highest BCUT2D eigenvalue weighted by Crippen LogP contribution is 2.11. The standard InChI is InChI=1S/C20H21N3O3S2/c1-3-21-28(25,26)18-10-8-17(9-11-18)19(24)22-20-23(12-13-27-20)14-16-6-4-15(2)5-7-16/h4-13,21H,3,14H2,1-2H3. The molecule has 1 N–H and O–H groups in total. The Morgan fingerprint density at radius 1 is 1.11 bits per heavy atom. The van der Waals surface area contributed by atoms with Gasteiger partial charge in [0, 0.05) is 30.2 Å². The van der Waals surface area contributed by atoms with Crippen LogP contribution in [0, 0.1) is 6.92 Å². The monoisotopic (exact) mass is 415 g/mol. The van der Waals surface area contributed by atoms with Crippen LogP contribution in [-0.2, 0) is 16.6 Å². The van der Waals surface area contributed by atoms with Gasteiger partial charge in [-0.3, -0.25) is 4.79 Å². The molecule has 6 nitrogen and oxygen atoms in total. The topological polar surface area (TPSA) is 80.5 Å². The van der Waals surface area contributed by atoms with Crippen molar-refractivity contribution in [3.8, 4) is 0 Å². The van der Waals surface area contributed by atoms with Crippen molar-refractivity contribution in [3.05, 3.63) is 81.6 Å². The van der Waals surface area contributed by atoms with Crippen LogP contribution in [0.25, 0.3) is 0 Å². The van der Waals surface area contributed by atoms with Crippen molar-refractivity contribution < 1.29 is 13.2 Å². The fourth-order valence-electron chi connectivity index (χ4n) is 2.60. The van der Waals surface area contributed by atoms with E-state index in [0.29, 0.717) is 23.5 Å². The maximum atomic E-state index is 12.5. The van der Waals surface area contributed by atoms with Crippen molar-refractivity contribution in [2.75, 3.05) is 6.54 Å². The fourth-order valence-corrected chi connectivity index (χ4v) is 4.37. The highest BCUT2D eigenvalue weighted by Gasteiger charge is 2.13. The van der Waals surface area contributed by atoms with E-state index in [0.717, 1.165) is 5.56 Å². The SMILES string of the molecule is CCNS(=O)(=O)c1ccc(C(=O)N=c2sccn2Cc2ccc(C)cc2)cc1. The summed E-state index contributed by atoms with van der Waals surface area (Å²) in [6, 6.07) is 14.0. The first-order valence-corrected chi connectivity index (χ1v) is 11.1. The molecular formula is C20H21N3O3S2.